The highest BCUT2D eigenvalue weighted by molar-refractivity contribution is 7.18. The molecule has 0 radical (unpaired) electrons. The number of alkyl halides is 3. The maximum atomic E-state index is 12.6. The highest BCUT2D eigenvalue weighted by Gasteiger charge is 2.30. The number of benzene rings is 1. The fraction of sp³-hybridized carbons (Fsp3) is 0.182. The Morgan fingerprint density at radius 2 is 2.05 bits per heavy atom. The summed E-state index contributed by atoms with van der Waals surface area (Å²) in [6.07, 6.45) is -4.40. The maximum Gasteiger partial charge on any atom is 0.416 e. The summed E-state index contributed by atoms with van der Waals surface area (Å²) in [5.74, 6) is -0.313. The van der Waals surface area contributed by atoms with E-state index in [1.165, 1.54) is 19.1 Å². The Hall–Kier alpha value is -1.96. The second-order valence-electron chi connectivity index (χ2n) is 3.67. The van der Waals surface area contributed by atoms with Gasteiger partial charge in [-0.05, 0) is 12.1 Å². The Morgan fingerprint density at radius 3 is 2.68 bits per heavy atom. The summed E-state index contributed by atoms with van der Waals surface area (Å²) in [6, 6.07) is 4.79. The van der Waals surface area contributed by atoms with Crippen LogP contribution >= 0.6 is 11.3 Å². The van der Waals surface area contributed by atoms with E-state index in [9.17, 15) is 18.0 Å². The summed E-state index contributed by atoms with van der Waals surface area (Å²) in [7, 11) is 0. The Bertz CT molecular complexity index is 609. The molecule has 0 saturated heterocycles. The predicted molar refractivity (Wildman–Crippen MR) is 64.7 cm³/mol. The van der Waals surface area contributed by atoms with Gasteiger partial charge in [-0.3, -0.25) is 4.79 Å². The lowest BCUT2D eigenvalue weighted by molar-refractivity contribution is -0.137. The molecule has 0 spiro atoms. The molecule has 1 aromatic carbocycles. The van der Waals surface area contributed by atoms with E-state index in [1.807, 2.05) is 0 Å². The van der Waals surface area contributed by atoms with E-state index in [0.29, 0.717) is 10.6 Å². The van der Waals surface area contributed by atoms with E-state index in [2.05, 4.69) is 15.5 Å². The van der Waals surface area contributed by atoms with Crippen LogP contribution in [0.5, 0.6) is 0 Å². The van der Waals surface area contributed by atoms with Gasteiger partial charge in [0.2, 0.25) is 11.0 Å². The molecule has 0 aliphatic heterocycles. The van der Waals surface area contributed by atoms with Crippen LogP contribution in [0.1, 0.15) is 12.5 Å². The van der Waals surface area contributed by atoms with Gasteiger partial charge in [0, 0.05) is 12.5 Å². The van der Waals surface area contributed by atoms with Gasteiger partial charge in [0.05, 0.1) is 5.56 Å². The lowest BCUT2D eigenvalue weighted by atomic mass is 10.1. The fourth-order valence-corrected chi connectivity index (χ4v) is 2.16. The molecule has 2 rings (SSSR count). The Morgan fingerprint density at radius 1 is 1.32 bits per heavy atom. The highest BCUT2D eigenvalue weighted by Crippen LogP contribution is 2.33. The van der Waals surface area contributed by atoms with Crippen LogP contribution in [0.15, 0.2) is 24.3 Å². The summed E-state index contributed by atoms with van der Waals surface area (Å²) in [6.45, 7) is 1.31. The molecule has 8 heteroatoms. The molecule has 4 nitrogen and oxygen atoms in total. The Labute approximate surface area is 110 Å². The third-order valence-electron chi connectivity index (χ3n) is 2.14. The van der Waals surface area contributed by atoms with Crippen LogP contribution in [0.4, 0.5) is 18.3 Å². The number of aromatic nitrogens is 2. The number of amides is 1. The van der Waals surface area contributed by atoms with Gasteiger partial charge in [-0.15, -0.1) is 10.2 Å². The topological polar surface area (TPSA) is 54.9 Å². The van der Waals surface area contributed by atoms with Crippen molar-refractivity contribution in [1.82, 2.24) is 10.2 Å². The van der Waals surface area contributed by atoms with Gasteiger partial charge in [0.25, 0.3) is 0 Å². The van der Waals surface area contributed by atoms with Gasteiger partial charge < -0.3 is 5.32 Å². The minimum Gasteiger partial charge on any atom is -0.301 e. The van der Waals surface area contributed by atoms with Crippen molar-refractivity contribution in [2.75, 3.05) is 5.32 Å². The number of hydrogen-bond donors (Lipinski definition) is 1. The van der Waals surface area contributed by atoms with Gasteiger partial charge in [0.1, 0.15) is 5.01 Å². The molecule has 1 amide bonds. The molecular weight excluding hydrogens is 279 g/mol. The van der Waals surface area contributed by atoms with Gasteiger partial charge in [-0.25, -0.2) is 0 Å². The number of carbonyl (C=O) groups is 1. The van der Waals surface area contributed by atoms with Crippen LogP contribution in [0.3, 0.4) is 0 Å². The standard InChI is InChI=1S/C11H8F3N3OS/c1-6(18)15-10-17-16-9(19-10)7-3-2-4-8(5-7)11(12,13)14/h2-5H,1H3,(H,15,17,18). The molecule has 0 saturated carbocycles. The lowest BCUT2D eigenvalue weighted by Gasteiger charge is -2.06. The first-order valence-corrected chi connectivity index (χ1v) is 5.96. The van der Waals surface area contributed by atoms with Gasteiger partial charge in [0.15, 0.2) is 0 Å². The number of nitrogens with zero attached hydrogens (tertiary/aromatic N) is 2. The van der Waals surface area contributed by atoms with Crippen LogP contribution in [-0.2, 0) is 11.0 Å². The molecule has 0 atom stereocenters. The zero-order valence-electron chi connectivity index (χ0n) is 9.65. The summed E-state index contributed by atoms with van der Waals surface area (Å²) < 4.78 is 37.7. The Kier molecular flexibility index (Phi) is 3.52. The molecule has 0 aliphatic rings. The lowest BCUT2D eigenvalue weighted by Crippen LogP contribution is -2.04. The molecule has 1 heterocycles. The third kappa shape index (κ3) is 3.28. The van der Waals surface area contributed by atoms with E-state index < -0.39 is 11.7 Å². The smallest absolute Gasteiger partial charge is 0.301 e. The number of rotatable bonds is 2. The zero-order valence-corrected chi connectivity index (χ0v) is 10.5. The van der Waals surface area contributed by atoms with Crippen molar-refractivity contribution >= 4 is 22.4 Å². The summed E-state index contributed by atoms with van der Waals surface area (Å²) in [5, 5.41) is 10.4. The molecule has 1 N–H and O–H groups in total. The van der Waals surface area contributed by atoms with E-state index in [4.69, 9.17) is 0 Å². The van der Waals surface area contributed by atoms with E-state index in [-0.39, 0.29) is 11.0 Å². The first kappa shape index (κ1) is 13.5. The SMILES string of the molecule is CC(=O)Nc1nnc(-c2cccc(C(F)(F)F)c2)s1. The van der Waals surface area contributed by atoms with Crippen LogP contribution < -0.4 is 5.32 Å². The second kappa shape index (κ2) is 4.96. The van der Waals surface area contributed by atoms with E-state index in [0.717, 1.165) is 23.5 Å². The summed E-state index contributed by atoms with van der Waals surface area (Å²) >= 11 is 1.01. The van der Waals surface area contributed by atoms with Crippen molar-refractivity contribution in [3.8, 4) is 10.6 Å². The molecule has 0 aliphatic carbocycles. The minimum absolute atomic E-state index is 0.250. The normalized spacial score (nSPS) is 11.4. The molecule has 2 aromatic rings. The molecule has 100 valence electrons. The quantitative estimate of drug-likeness (QED) is 0.923. The van der Waals surface area contributed by atoms with E-state index in [1.54, 1.807) is 0 Å². The van der Waals surface area contributed by atoms with Gasteiger partial charge in [-0.1, -0.05) is 23.5 Å². The molecule has 0 fully saturated rings. The summed E-state index contributed by atoms with van der Waals surface area (Å²) in [4.78, 5) is 10.8. The third-order valence-corrected chi connectivity index (χ3v) is 3.03. The summed E-state index contributed by atoms with van der Waals surface area (Å²) in [5.41, 5.74) is -0.440. The highest BCUT2D eigenvalue weighted by atomic mass is 32.1. The number of halogens is 3. The van der Waals surface area contributed by atoms with Crippen molar-refractivity contribution in [2.24, 2.45) is 0 Å². The second-order valence-corrected chi connectivity index (χ2v) is 4.65. The average molecular weight is 287 g/mol. The van der Waals surface area contributed by atoms with Crippen molar-refractivity contribution in [3.05, 3.63) is 29.8 Å². The molecule has 1 aromatic heterocycles. The van der Waals surface area contributed by atoms with Crippen LogP contribution in [0.25, 0.3) is 10.6 Å². The first-order valence-electron chi connectivity index (χ1n) is 5.15. The predicted octanol–water partition coefficient (Wildman–Crippen LogP) is 3.18. The number of carbonyl (C=O) groups excluding carboxylic acids is 1. The van der Waals surface area contributed by atoms with Crippen LogP contribution in [-0.4, -0.2) is 16.1 Å². The number of anilines is 1. The van der Waals surface area contributed by atoms with Crippen molar-refractivity contribution in [3.63, 3.8) is 0 Å². The molecule has 19 heavy (non-hydrogen) atoms. The average Bonchev–Trinajstić information content (AvgIpc) is 2.76. The molecule has 0 bridgehead atoms. The van der Waals surface area contributed by atoms with Crippen molar-refractivity contribution < 1.29 is 18.0 Å². The van der Waals surface area contributed by atoms with E-state index >= 15 is 0 Å². The monoisotopic (exact) mass is 287 g/mol. The van der Waals surface area contributed by atoms with Crippen LogP contribution in [0.2, 0.25) is 0 Å². The maximum absolute atomic E-state index is 12.6. The first-order chi connectivity index (χ1) is 8.86. The number of nitrogens with one attached hydrogen (secondary N) is 1. The number of hydrogen-bond acceptors (Lipinski definition) is 4. The Balaban J connectivity index is 2.32. The van der Waals surface area contributed by atoms with Gasteiger partial charge >= 0.3 is 6.18 Å². The largest absolute Gasteiger partial charge is 0.416 e. The van der Waals surface area contributed by atoms with Crippen molar-refractivity contribution in [2.45, 2.75) is 13.1 Å². The van der Waals surface area contributed by atoms with Crippen LogP contribution in [0, 0.1) is 0 Å². The zero-order chi connectivity index (χ0) is 14.0. The fourth-order valence-electron chi connectivity index (χ4n) is 1.37. The van der Waals surface area contributed by atoms with Gasteiger partial charge in [-0.2, -0.15) is 13.2 Å². The minimum atomic E-state index is -4.40. The molecular formula is C11H8F3N3OS. The van der Waals surface area contributed by atoms with Crippen molar-refractivity contribution in [1.29, 1.82) is 0 Å². The molecule has 0 unspecified atom stereocenters.